The molecule has 0 amide bonds. The van der Waals surface area contributed by atoms with Crippen molar-refractivity contribution in [3.05, 3.63) is 12.4 Å². The van der Waals surface area contributed by atoms with Gasteiger partial charge in [0.25, 0.3) is 0 Å². The summed E-state index contributed by atoms with van der Waals surface area (Å²) in [6.45, 7) is 3.41. The number of ether oxygens (including phenoxy) is 1. The van der Waals surface area contributed by atoms with Crippen LogP contribution < -0.4 is 15.4 Å². The average molecular weight is 266 g/mol. The normalized spacial score (nSPS) is 22.5. The first kappa shape index (κ1) is 13.5. The van der Waals surface area contributed by atoms with Crippen molar-refractivity contribution in [2.75, 3.05) is 24.6 Å². The molecule has 7 heteroatoms. The Morgan fingerprint density at radius 2 is 2.42 bits per heavy atom. The van der Waals surface area contributed by atoms with Crippen LogP contribution in [0.2, 0.25) is 0 Å². The maximum absolute atomic E-state index is 11.1. The first-order valence-electron chi connectivity index (χ1n) is 6.27. The molecule has 0 aliphatic carbocycles. The third-order valence-corrected chi connectivity index (χ3v) is 3.13. The van der Waals surface area contributed by atoms with Gasteiger partial charge in [0.2, 0.25) is 5.88 Å². The smallest absolute Gasteiger partial charge is 0.325 e. The zero-order chi connectivity index (χ0) is 13.9. The fourth-order valence-corrected chi connectivity index (χ4v) is 1.99. The Balaban J connectivity index is 2.09. The van der Waals surface area contributed by atoms with E-state index in [1.807, 2.05) is 11.8 Å². The molecule has 0 radical (unpaired) electrons. The monoisotopic (exact) mass is 266 g/mol. The number of aromatic nitrogens is 2. The third kappa shape index (κ3) is 2.93. The predicted octanol–water partition coefficient (Wildman–Crippen LogP) is 0.258. The zero-order valence-corrected chi connectivity index (χ0v) is 10.9. The second-order valence-electron chi connectivity index (χ2n) is 4.70. The predicted molar refractivity (Wildman–Crippen MR) is 69.2 cm³/mol. The van der Waals surface area contributed by atoms with E-state index in [1.165, 1.54) is 6.33 Å². The molecule has 7 nitrogen and oxygen atoms in total. The molecule has 1 unspecified atom stereocenters. The Kier molecular flexibility index (Phi) is 3.84. The minimum Gasteiger partial charge on any atom is -0.480 e. The lowest BCUT2D eigenvalue weighted by atomic mass is 10.0. The second kappa shape index (κ2) is 5.40. The Hall–Kier alpha value is -1.89. The fraction of sp³-hybridized carbons (Fsp3) is 0.583. The van der Waals surface area contributed by atoms with Crippen molar-refractivity contribution in [3.63, 3.8) is 0 Å². The molecule has 0 aromatic carbocycles. The van der Waals surface area contributed by atoms with Gasteiger partial charge in [0, 0.05) is 19.2 Å². The number of carboxylic acids is 1. The minimum absolute atomic E-state index is 0.243. The molecule has 1 aliphatic rings. The van der Waals surface area contributed by atoms with Crippen molar-refractivity contribution in [1.29, 1.82) is 0 Å². The van der Waals surface area contributed by atoms with Crippen molar-refractivity contribution in [3.8, 4) is 5.88 Å². The lowest BCUT2D eigenvalue weighted by molar-refractivity contribution is -0.142. The van der Waals surface area contributed by atoms with Gasteiger partial charge < -0.3 is 20.5 Å². The highest BCUT2D eigenvalue weighted by molar-refractivity contribution is 5.80. The van der Waals surface area contributed by atoms with Gasteiger partial charge in [-0.1, -0.05) is 6.92 Å². The number of aliphatic carboxylic acids is 1. The van der Waals surface area contributed by atoms with E-state index in [1.54, 1.807) is 6.07 Å². The SMILES string of the molecule is CCCOc1cc(N2CCC(N)(C(=O)O)C2)ncn1. The summed E-state index contributed by atoms with van der Waals surface area (Å²) >= 11 is 0. The lowest BCUT2D eigenvalue weighted by Crippen LogP contribution is -2.50. The number of carbonyl (C=O) groups is 1. The average Bonchev–Trinajstić information content (AvgIpc) is 2.81. The van der Waals surface area contributed by atoms with Crippen LogP contribution in [-0.2, 0) is 4.79 Å². The third-order valence-electron chi connectivity index (χ3n) is 3.13. The van der Waals surface area contributed by atoms with Gasteiger partial charge in [0.15, 0.2) is 0 Å². The second-order valence-corrected chi connectivity index (χ2v) is 4.70. The summed E-state index contributed by atoms with van der Waals surface area (Å²) in [5, 5.41) is 9.10. The van der Waals surface area contributed by atoms with Crippen molar-refractivity contribution < 1.29 is 14.6 Å². The van der Waals surface area contributed by atoms with E-state index in [2.05, 4.69) is 9.97 Å². The maximum Gasteiger partial charge on any atom is 0.325 e. The van der Waals surface area contributed by atoms with Crippen LogP contribution in [0.4, 0.5) is 5.82 Å². The molecule has 1 aromatic heterocycles. The first-order chi connectivity index (χ1) is 9.05. The highest BCUT2D eigenvalue weighted by Gasteiger charge is 2.41. The van der Waals surface area contributed by atoms with Crippen LogP contribution in [0.1, 0.15) is 19.8 Å². The van der Waals surface area contributed by atoms with E-state index >= 15 is 0 Å². The van der Waals surface area contributed by atoms with Gasteiger partial charge in [-0.25, -0.2) is 9.97 Å². The van der Waals surface area contributed by atoms with Crippen LogP contribution in [0.15, 0.2) is 12.4 Å². The molecule has 1 saturated heterocycles. The number of nitrogens with two attached hydrogens (primary N) is 1. The molecule has 0 bridgehead atoms. The molecule has 1 aromatic rings. The summed E-state index contributed by atoms with van der Waals surface area (Å²) in [5.41, 5.74) is 4.63. The highest BCUT2D eigenvalue weighted by atomic mass is 16.5. The number of rotatable bonds is 5. The molecule has 1 atom stereocenters. The maximum atomic E-state index is 11.1. The summed E-state index contributed by atoms with van der Waals surface area (Å²) in [7, 11) is 0. The minimum atomic E-state index is -1.20. The standard InChI is InChI=1S/C12H18N4O3/c1-2-5-19-10-6-9(14-8-15-10)16-4-3-12(13,7-16)11(17)18/h6,8H,2-5,7,13H2,1H3,(H,17,18). The van der Waals surface area contributed by atoms with Crippen LogP contribution in [0.25, 0.3) is 0 Å². The van der Waals surface area contributed by atoms with Gasteiger partial charge in [-0.3, -0.25) is 4.79 Å². The van der Waals surface area contributed by atoms with E-state index in [4.69, 9.17) is 15.6 Å². The first-order valence-corrected chi connectivity index (χ1v) is 6.27. The Labute approximate surface area is 111 Å². The molecule has 1 aliphatic heterocycles. The van der Waals surface area contributed by atoms with Gasteiger partial charge in [-0.15, -0.1) is 0 Å². The van der Waals surface area contributed by atoms with Crippen LogP contribution in [0.5, 0.6) is 5.88 Å². The number of hydrogen-bond acceptors (Lipinski definition) is 6. The van der Waals surface area contributed by atoms with Crippen molar-refractivity contribution in [1.82, 2.24) is 9.97 Å². The Morgan fingerprint density at radius 1 is 1.63 bits per heavy atom. The van der Waals surface area contributed by atoms with Crippen LogP contribution >= 0.6 is 0 Å². The summed E-state index contributed by atoms with van der Waals surface area (Å²) in [6.07, 6.45) is 2.71. The van der Waals surface area contributed by atoms with Gasteiger partial charge in [-0.2, -0.15) is 0 Å². The Bertz CT molecular complexity index is 468. The number of anilines is 1. The van der Waals surface area contributed by atoms with E-state index < -0.39 is 11.5 Å². The van der Waals surface area contributed by atoms with Crippen molar-refractivity contribution in [2.24, 2.45) is 5.73 Å². The summed E-state index contributed by atoms with van der Waals surface area (Å²) in [6, 6.07) is 1.71. The van der Waals surface area contributed by atoms with E-state index in [0.29, 0.717) is 31.3 Å². The molecular weight excluding hydrogens is 248 g/mol. The fourth-order valence-electron chi connectivity index (χ4n) is 1.99. The molecule has 2 heterocycles. The molecule has 3 N–H and O–H groups in total. The van der Waals surface area contributed by atoms with Gasteiger partial charge in [0.05, 0.1) is 6.61 Å². The van der Waals surface area contributed by atoms with Crippen LogP contribution in [-0.4, -0.2) is 46.3 Å². The molecule has 1 fully saturated rings. The van der Waals surface area contributed by atoms with Crippen LogP contribution in [0.3, 0.4) is 0 Å². The van der Waals surface area contributed by atoms with E-state index in [0.717, 1.165) is 6.42 Å². The van der Waals surface area contributed by atoms with E-state index in [-0.39, 0.29) is 6.54 Å². The largest absolute Gasteiger partial charge is 0.480 e. The topological polar surface area (TPSA) is 102 Å². The van der Waals surface area contributed by atoms with Gasteiger partial charge in [0.1, 0.15) is 17.7 Å². The number of nitrogens with zero attached hydrogens (tertiary/aromatic N) is 3. The van der Waals surface area contributed by atoms with Gasteiger partial charge >= 0.3 is 5.97 Å². The summed E-state index contributed by atoms with van der Waals surface area (Å²) in [5.74, 6) is 0.165. The quantitative estimate of drug-likeness (QED) is 0.788. The number of hydrogen-bond donors (Lipinski definition) is 2. The van der Waals surface area contributed by atoms with Crippen molar-refractivity contribution >= 4 is 11.8 Å². The molecular formula is C12H18N4O3. The highest BCUT2D eigenvalue weighted by Crippen LogP contribution is 2.25. The molecule has 0 spiro atoms. The molecule has 0 saturated carbocycles. The van der Waals surface area contributed by atoms with Crippen molar-refractivity contribution in [2.45, 2.75) is 25.3 Å². The number of carboxylic acid groups (broad SMARTS) is 1. The Morgan fingerprint density at radius 3 is 3.05 bits per heavy atom. The summed E-state index contributed by atoms with van der Waals surface area (Å²) < 4.78 is 5.43. The molecule has 2 rings (SSSR count). The van der Waals surface area contributed by atoms with Gasteiger partial charge in [-0.05, 0) is 12.8 Å². The molecule has 104 valence electrons. The lowest BCUT2D eigenvalue weighted by Gasteiger charge is -2.20. The summed E-state index contributed by atoms with van der Waals surface area (Å²) in [4.78, 5) is 21.1. The van der Waals surface area contributed by atoms with E-state index in [9.17, 15) is 4.79 Å². The molecule has 19 heavy (non-hydrogen) atoms. The van der Waals surface area contributed by atoms with Crippen LogP contribution in [0, 0.1) is 0 Å². The zero-order valence-electron chi connectivity index (χ0n) is 10.9.